The van der Waals surface area contributed by atoms with Gasteiger partial charge in [0.2, 0.25) is 0 Å². The molecule has 0 radical (unpaired) electrons. The van der Waals surface area contributed by atoms with Crippen LogP contribution in [0.1, 0.15) is 13.8 Å². The Morgan fingerprint density at radius 2 is 2.00 bits per heavy atom. The van der Waals surface area contributed by atoms with Gasteiger partial charge in [-0.2, -0.15) is 0 Å². The molecule has 0 amide bonds. The zero-order valence-corrected chi connectivity index (χ0v) is 9.57. The maximum absolute atomic E-state index is 11.4. The van der Waals surface area contributed by atoms with Crippen molar-refractivity contribution in [1.29, 1.82) is 0 Å². The molecule has 1 aromatic carbocycles. The summed E-state index contributed by atoms with van der Waals surface area (Å²) in [5.74, 6) is 0.120. The zero-order chi connectivity index (χ0) is 12.3. The van der Waals surface area contributed by atoms with Crippen molar-refractivity contribution in [3.63, 3.8) is 0 Å². The first-order chi connectivity index (χ1) is 8.16. The fourth-order valence-electron chi connectivity index (χ4n) is 1.18. The van der Waals surface area contributed by atoms with Gasteiger partial charge in [-0.25, -0.2) is 4.68 Å². The third kappa shape index (κ3) is 2.66. The number of nitrogens with zero attached hydrogens (tertiary/aromatic N) is 4. The lowest BCUT2D eigenvalue weighted by molar-refractivity contribution is -0.137. The molecule has 0 spiro atoms. The first-order valence-corrected chi connectivity index (χ1v) is 5.22. The van der Waals surface area contributed by atoms with Crippen LogP contribution >= 0.6 is 0 Å². The van der Waals surface area contributed by atoms with Crippen LogP contribution in [0.4, 0.5) is 0 Å². The molecule has 0 aliphatic heterocycles. The second kappa shape index (κ2) is 4.73. The highest BCUT2D eigenvalue weighted by Crippen LogP contribution is 2.15. The van der Waals surface area contributed by atoms with Gasteiger partial charge in [0.1, 0.15) is 12.1 Å². The predicted molar refractivity (Wildman–Crippen MR) is 59.6 cm³/mol. The molecule has 0 unspecified atom stereocenters. The molecule has 1 aromatic heterocycles. The van der Waals surface area contributed by atoms with Gasteiger partial charge in [-0.3, -0.25) is 4.79 Å². The van der Waals surface area contributed by atoms with Crippen LogP contribution in [0.2, 0.25) is 0 Å². The van der Waals surface area contributed by atoms with Crippen LogP contribution in [0.3, 0.4) is 0 Å². The summed E-state index contributed by atoms with van der Waals surface area (Å²) in [7, 11) is 0. The molecule has 6 heteroatoms. The van der Waals surface area contributed by atoms with Crippen LogP contribution in [-0.4, -0.2) is 26.2 Å². The number of rotatable bonds is 3. The lowest BCUT2D eigenvalue weighted by Crippen LogP contribution is -2.14. The Kier molecular flexibility index (Phi) is 3.13. The monoisotopic (exact) mass is 232 g/mol. The minimum Gasteiger partial charge on any atom is -0.426 e. The summed E-state index contributed by atoms with van der Waals surface area (Å²) < 4.78 is 6.67. The Hall–Kier alpha value is -2.24. The molecule has 0 saturated heterocycles. The standard InChI is InChI=1S/C11H12N4O2/c1-8(2)11(16)17-10-5-3-9(4-6-10)15-7-12-13-14-15/h3-8H,1-2H3. The number of aromatic nitrogens is 4. The fourth-order valence-corrected chi connectivity index (χ4v) is 1.18. The molecule has 6 nitrogen and oxygen atoms in total. The number of carbonyl (C=O) groups excluding carboxylic acids is 1. The number of tetrazole rings is 1. The van der Waals surface area contributed by atoms with Crippen molar-refractivity contribution < 1.29 is 9.53 Å². The van der Waals surface area contributed by atoms with Crippen LogP contribution in [0, 0.1) is 5.92 Å². The second-order valence-corrected chi connectivity index (χ2v) is 3.82. The van der Waals surface area contributed by atoms with Gasteiger partial charge in [-0.1, -0.05) is 13.8 Å². The van der Waals surface area contributed by atoms with E-state index < -0.39 is 0 Å². The van der Waals surface area contributed by atoms with E-state index in [1.54, 1.807) is 38.1 Å². The Bertz CT molecular complexity index is 491. The third-order valence-electron chi connectivity index (χ3n) is 2.14. The van der Waals surface area contributed by atoms with Crippen molar-refractivity contribution in [1.82, 2.24) is 20.2 Å². The molecular weight excluding hydrogens is 220 g/mol. The highest BCUT2D eigenvalue weighted by molar-refractivity contribution is 5.74. The normalized spacial score (nSPS) is 10.5. The van der Waals surface area contributed by atoms with Gasteiger partial charge >= 0.3 is 5.97 Å². The van der Waals surface area contributed by atoms with Crippen LogP contribution in [0.5, 0.6) is 5.75 Å². The molecule has 0 N–H and O–H groups in total. The largest absolute Gasteiger partial charge is 0.426 e. The minimum atomic E-state index is -0.250. The average molecular weight is 232 g/mol. The first-order valence-electron chi connectivity index (χ1n) is 5.22. The van der Waals surface area contributed by atoms with Crippen LogP contribution in [0.25, 0.3) is 5.69 Å². The number of hydrogen-bond acceptors (Lipinski definition) is 5. The van der Waals surface area contributed by atoms with E-state index in [1.165, 1.54) is 11.0 Å². The van der Waals surface area contributed by atoms with Crippen molar-refractivity contribution in [3.05, 3.63) is 30.6 Å². The van der Waals surface area contributed by atoms with E-state index in [2.05, 4.69) is 15.5 Å². The van der Waals surface area contributed by atoms with Gasteiger partial charge in [-0.15, -0.1) is 5.10 Å². The molecule has 1 heterocycles. The lowest BCUT2D eigenvalue weighted by atomic mass is 10.2. The summed E-state index contributed by atoms with van der Waals surface area (Å²) in [5.41, 5.74) is 0.805. The van der Waals surface area contributed by atoms with Crippen molar-refractivity contribution in [3.8, 4) is 11.4 Å². The molecule has 0 atom stereocenters. The van der Waals surface area contributed by atoms with E-state index in [-0.39, 0.29) is 11.9 Å². The summed E-state index contributed by atoms with van der Waals surface area (Å²) in [5, 5.41) is 10.8. The molecule has 0 fully saturated rings. The molecular formula is C11H12N4O2. The quantitative estimate of drug-likeness (QED) is 0.588. The second-order valence-electron chi connectivity index (χ2n) is 3.82. The Labute approximate surface area is 98.2 Å². The van der Waals surface area contributed by atoms with E-state index in [0.717, 1.165) is 5.69 Å². The smallest absolute Gasteiger partial charge is 0.313 e. The first kappa shape index (κ1) is 11.3. The van der Waals surface area contributed by atoms with Crippen molar-refractivity contribution >= 4 is 5.97 Å². The van der Waals surface area contributed by atoms with Crippen LogP contribution < -0.4 is 4.74 Å². The Balaban J connectivity index is 2.11. The predicted octanol–water partition coefficient (Wildman–Crippen LogP) is 1.22. The minimum absolute atomic E-state index is 0.144. The Morgan fingerprint density at radius 3 is 2.53 bits per heavy atom. The molecule has 0 aliphatic rings. The summed E-state index contributed by atoms with van der Waals surface area (Å²) in [4.78, 5) is 11.4. The van der Waals surface area contributed by atoms with Crippen molar-refractivity contribution in [2.24, 2.45) is 5.92 Å². The van der Waals surface area contributed by atoms with E-state index in [9.17, 15) is 4.79 Å². The van der Waals surface area contributed by atoms with Crippen molar-refractivity contribution in [2.75, 3.05) is 0 Å². The summed E-state index contributed by atoms with van der Waals surface area (Å²) in [6.07, 6.45) is 1.50. The zero-order valence-electron chi connectivity index (χ0n) is 9.57. The number of carbonyl (C=O) groups is 1. The number of hydrogen-bond donors (Lipinski definition) is 0. The van der Waals surface area contributed by atoms with Gasteiger partial charge < -0.3 is 4.74 Å². The van der Waals surface area contributed by atoms with E-state index >= 15 is 0 Å². The summed E-state index contributed by atoms with van der Waals surface area (Å²) >= 11 is 0. The number of benzene rings is 1. The van der Waals surface area contributed by atoms with Gasteiger partial charge in [0.05, 0.1) is 11.6 Å². The summed E-state index contributed by atoms with van der Waals surface area (Å²) in [6.45, 7) is 3.58. The number of esters is 1. The molecule has 0 aliphatic carbocycles. The van der Waals surface area contributed by atoms with Gasteiger partial charge in [0.25, 0.3) is 0 Å². The van der Waals surface area contributed by atoms with E-state index in [4.69, 9.17) is 4.74 Å². The highest BCUT2D eigenvalue weighted by Gasteiger charge is 2.09. The van der Waals surface area contributed by atoms with Gasteiger partial charge in [0.15, 0.2) is 0 Å². The fraction of sp³-hybridized carbons (Fsp3) is 0.273. The maximum atomic E-state index is 11.4. The molecule has 0 saturated carbocycles. The molecule has 17 heavy (non-hydrogen) atoms. The molecule has 88 valence electrons. The molecule has 2 rings (SSSR count). The third-order valence-corrected chi connectivity index (χ3v) is 2.14. The van der Waals surface area contributed by atoms with Gasteiger partial charge in [-0.05, 0) is 34.7 Å². The average Bonchev–Trinajstić information content (AvgIpc) is 2.83. The van der Waals surface area contributed by atoms with Crippen molar-refractivity contribution in [2.45, 2.75) is 13.8 Å². The van der Waals surface area contributed by atoms with Crippen LogP contribution in [0.15, 0.2) is 30.6 Å². The molecule has 2 aromatic rings. The van der Waals surface area contributed by atoms with Crippen LogP contribution in [-0.2, 0) is 4.79 Å². The highest BCUT2D eigenvalue weighted by atomic mass is 16.5. The molecule has 0 bridgehead atoms. The maximum Gasteiger partial charge on any atom is 0.313 e. The lowest BCUT2D eigenvalue weighted by Gasteiger charge is -2.07. The summed E-state index contributed by atoms with van der Waals surface area (Å²) in [6, 6.07) is 6.97. The van der Waals surface area contributed by atoms with Gasteiger partial charge in [0, 0.05) is 0 Å². The van der Waals surface area contributed by atoms with E-state index in [0.29, 0.717) is 5.75 Å². The SMILES string of the molecule is CC(C)C(=O)Oc1ccc(-n2cnnn2)cc1. The Morgan fingerprint density at radius 1 is 1.29 bits per heavy atom. The topological polar surface area (TPSA) is 69.9 Å². The van der Waals surface area contributed by atoms with E-state index in [1.807, 2.05) is 0 Å². The number of ether oxygens (including phenoxy) is 1.